The van der Waals surface area contributed by atoms with E-state index in [1.54, 1.807) is 6.20 Å². The summed E-state index contributed by atoms with van der Waals surface area (Å²) in [5.41, 5.74) is 20.6. The molecule has 13 nitrogen and oxygen atoms in total. The highest BCUT2D eigenvalue weighted by Crippen LogP contribution is 2.47. The second kappa shape index (κ2) is 12.8. The summed E-state index contributed by atoms with van der Waals surface area (Å²) in [5, 5.41) is 8.14. The molecule has 0 unspecified atom stereocenters. The molecule has 2 aliphatic rings. The molecule has 272 valence electrons. The van der Waals surface area contributed by atoms with Crippen LogP contribution < -0.4 is 17.1 Å². The number of nitrogens with one attached hydrogen (secondary N) is 4. The highest BCUT2D eigenvalue weighted by atomic mass is 79.9. The van der Waals surface area contributed by atoms with Gasteiger partial charge in [0.1, 0.15) is 11.5 Å². The van der Waals surface area contributed by atoms with Crippen molar-refractivity contribution in [1.29, 1.82) is 0 Å². The van der Waals surface area contributed by atoms with E-state index in [0.29, 0.717) is 17.5 Å². The van der Waals surface area contributed by atoms with Gasteiger partial charge in [0.25, 0.3) is 0 Å². The summed E-state index contributed by atoms with van der Waals surface area (Å²) in [6.45, 7) is 7.62. The lowest BCUT2D eigenvalue weighted by Gasteiger charge is -2.12. The number of H-pyrrole nitrogens is 4. The Hall–Kier alpha value is -6.02. The Labute approximate surface area is 315 Å². The molecular formula is C40H36BrN9O4. The van der Waals surface area contributed by atoms with E-state index >= 15 is 0 Å². The van der Waals surface area contributed by atoms with Crippen LogP contribution >= 0.6 is 15.9 Å². The van der Waals surface area contributed by atoms with Gasteiger partial charge in [0.2, 0.25) is 0 Å². The van der Waals surface area contributed by atoms with E-state index < -0.39 is 0 Å². The van der Waals surface area contributed by atoms with Gasteiger partial charge >= 0.3 is 11.4 Å². The highest BCUT2D eigenvalue weighted by molar-refractivity contribution is 9.10. The number of fused-ring (bicyclic) bond motifs is 2. The molecule has 10 rings (SSSR count). The van der Waals surface area contributed by atoms with Crippen molar-refractivity contribution in [3.63, 3.8) is 0 Å². The number of aryl methyl sites for hydroxylation is 4. The lowest BCUT2D eigenvalue weighted by molar-refractivity contribution is 0.393. The van der Waals surface area contributed by atoms with Crippen molar-refractivity contribution in [2.75, 3.05) is 5.73 Å². The van der Waals surface area contributed by atoms with Crippen molar-refractivity contribution in [1.82, 2.24) is 40.2 Å². The Bertz CT molecular complexity index is 2650. The number of imidazole rings is 2. The largest absolute Gasteiger partial charge is 0.397 e. The fraction of sp³-hybridized carbons (Fsp3) is 0.250. The average Bonchev–Trinajstić information content (AvgIpc) is 4.03. The summed E-state index contributed by atoms with van der Waals surface area (Å²) in [4.78, 5) is 45.0. The average molecular weight is 787 g/mol. The summed E-state index contributed by atoms with van der Waals surface area (Å²) < 4.78 is 11.6. The topological polar surface area (TPSA) is 201 Å². The molecule has 6 N–H and O–H groups in total. The molecule has 6 aromatic heterocycles. The number of rotatable bonds is 6. The van der Waals surface area contributed by atoms with Crippen LogP contribution in [0.2, 0.25) is 0 Å². The number of nitrogens with zero attached hydrogens (tertiary/aromatic N) is 4. The SMILES string of the molecule is Cc1noc(C)c1-c1cc(-c2cc(Br)cnc2C2CC2)c2[nH]c(=O)[nH]c2c1.Cc1noc(C)c1-c1cc(-c2cc(N)cnc2C2CC2)c2[nH]c(=O)[nH]c2c1. The van der Waals surface area contributed by atoms with Gasteiger partial charge in [-0.1, -0.05) is 10.3 Å². The van der Waals surface area contributed by atoms with E-state index in [4.69, 9.17) is 14.8 Å². The van der Waals surface area contributed by atoms with E-state index in [9.17, 15) is 9.59 Å². The number of hydrogen-bond donors (Lipinski definition) is 5. The third-order valence-electron chi connectivity index (χ3n) is 10.2. The molecule has 2 aromatic carbocycles. The molecule has 14 heteroatoms. The standard InChI is InChI=1S/C20H17BrN4O2.C20H19N5O2/c2*1-9-17(10(2)27-25-9)12-5-14(19-16(6-12)23-20(26)24-19)15-7-13(21)8-22-18(15)11-3-4-11/h5-8,11H,3-4H2,1-2H3,(H2,23,24,26);5-8,11H,3-4,21H2,1-2H3,(H2,23,24,26). The molecule has 54 heavy (non-hydrogen) atoms. The van der Waals surface area contributed by atoms with Crippen LogP contribution in [0.4, 0.5) is 5.69 Å². The number of hydrogen-bond acceptors (Lipinski definition) is 9. The summed E-state index contributed by atoms with van der Waals surface area (Å²) in [7, 11) is 0. The van der Waals surface area contributed by atoms with Crippen molar-refractivity contribution in [2.24, 2.45) is 0 Å². The molecule has 8 aromatic rings. The maximum atomic E-state index is 12.0. The van der Waals surface area contributed by atoms with Crippen LogP contribution in [-0.4, -0.2) is 40.2 Å². The third-order valence-corrected chi connectivity index (χ3v) is 10.7. The minimum atomic E-state index is -0.244. The zero-order valence-electron chi connectivity index (χ0n) is 30.0. The molecule has 0 aliphatic heterocycles. The Kier molecular flexibility index (Phi) is 8.03. The quantitative estimate of drug-likeness (QED) is 0.110. The number of nitrogen functional groups attached to an aromatic ring is 1. The van der Waals surface area contributed by atoms with Crippen molar-refractivity contribution in [2.45, 2.75) is 65.2 Å². The van der Waals surface area contributed by atoms with Crippen LogP contribution in [0, 0.1) is 27.7 Å². The lowest BCUT2D eigenvalue weighted by atomic mass is 9.94. The predicted molar refractivity (Wildman–Crippen MR) is 210 cm³/mol. The maximum absolute atomic E-state index is 12.0. The molecule has 0 amide bonds. The number of aromatic nitrogens is 8. The van der Waals surface area contributed by atoms with Crippen molar-refractivity contribution in [3.8, 4) is 44.5 Å². The van der Waals surface area contributed by atoms with Crippen LogP contribution in [-0.2, 0) is 0 Å². The van der Waals surface area contributed by atoms with Gasteiger partial charge in [0, 0.05) is 55.9 Å². The Morgan fingerprint density at radius 2 is 1.09 bits per heavy atom. The first kappa shape index (κ1) is 33.8. The number of halogens is 1. The second-order valence-electron chi connectivity index (χ2n) is 14.3. The molecule has 0 bridgehead atoms. The first-order valence-corrected chi connectivity index (χ1v) is 18.6. The van der Waals surface area contributed by atoms with E-state index in [2.05, 4.69) is 74.3 Å². The molecule has 0 radical (unpaired) electrons. The molecule has 2 saturated carbocycles. The molecular weight excluding hydrogens is 750 g/mol. The number of aromatic amines is 4. The normalized spacial score (nSPS) is 14.2. The van der Waals surface area contributed by atoms with Crippen LogP contribution in [0.5, 0.6) is 0 Å². The smallest absolute Gasteiger partial charge is 0.323 e. The van der Waals surface area contributed by atoms with Gasteiger partial charge in [0.05, 0.1) is 56.7 Å². The first-order valence-electron chi connectivity index (χ1n) is 17.8. The number of pyridine rings is 2. The summed E-state index contributed by atoms with van der Waals surface area (Å²) >= 11 is 3.55. The molecule has 0 saturated heterocycles. The summed E-state index contributed by atoms with van der Waals surface area (Å²) in [6, 6.07) is 12.1. The Morgan fingerprint density at radius 3 is 1.54 bits per heavy atom. The van der Waals surface area contributed by atoms with Gasteiger partial charge in [-0.25, -0.2) is 9.59 Å². The minimum absolute atomic E-state index is 0.224. The monoisotopic (exact) mass is 785 g/mol. The number of anilines is 1. The van der Waals surface area contributed by atoms with Gasteiger partial charge in [-0.2, -0.15) is 0 Å². The van der Waals surface area contributed by atoms with Crippen molar-refractivity contribution in [3.05, 3.63) is 109 Å². The van der Waals surface area contributed by atoms with E-state index in [1.165, 1.54) is 0 Å². The molecule has 2 aliphatic carbocycles. The van der Waals surface area contributed by atoms with E-state index in [-0.39, 0.29) is 11.4 Å². The highest BCUT2D eigenvalue weighted by Gasteiger charge is 2.30. The molecule has 6 heterocycles. The van der Waals surface area contributed by atoms with Crippen LogP contribution in [0.1, 0.15) is 71.8 Å². The maximum Gasteiger partial charge on any atom is 0.323 e. The van der Waals surface area contributed by atoms with Gasteiger partial charge < -0.3 is 34.7 Å². The van der Waals surface area contributed by atoms with Crippen molar-refractivity contribution >= 4 is 43.7 Å². The van der Waals surface area contributed by atoms with Gasteiger partial charge in [0.15, 0.2) is 0 Å². The molecule has 2 fully saturated rings. The fourth-order valence-electron chi connectivity index (χ4n) is 7.53. The first-order chi connectivity index (χ1) is 26.0. The second-order valence-corrected chi connectivity index (χ2v) is 15.2. The van der Waals surface area contributed by atoms with Crippen LogP contribution in [0.3, 0.4) is 0 Å². The Balaban J connectivity index is 0.000000142. The van der Waals surface area contributed by atoms with Gasteiger partial charge in [-0.05, 0) is 117 Å². The summed E-state index contributed by atoms with van der Waals surface area (Å²) in [6.07, 6.45) is 8.09. The predicted octanol–water partition coefficient (Wildman–Crippen LogP) is 8.48. The van der Waals surface area contributed by atoms with Crippen molar-refractivity contribution < 1.29 is 9.05 Å². The Morgan fingerprint density at radius 1 is 0.630 bits per heavy atom. The van der Waals surface area contributed by atoms with E-state index in [0.717, 1.165) is 131 Å². The van der Waals surface area contributed by atoms with Crippen LogP contribution in [0.25, 0.3) is 66.6 Å². The van der Waals surface area contributed by atoms with Gasteiger partial charge in [-0.3, -0.25) is 9.97 Å². The molecule has 0 atom stereocenters. The zero-order valence-corrected chi connectivity index (χ0v) is 31.6. The summed E-state index contributed by atoms with van der Waals surface area (Å²) in [5.74, 6) is 2.43. The van der Waals surface area contributed by atoms with Crippen LogP contribution in [0.15, 0.2) is 71.9 Å². The third kappa shape index (κ3) is 6.05. The number of nitrogens with two attached hydrogens (primary N) is 1. The zero-order chi connectivity index (χ0) is 37.4. The fourth-order valence-corrected chi connectivity index (χ4v) is 7.86. The van der Waals surface area contributed by atoms with Gasteiger partial charge in [-0.15, -0.1) is 0 Å². The van der Waals surface area contributed by atoms with E-state index in [1.807, 2.05) is 52.1 Å². The molecule has 0 spiro atoms. The minimum Gasteiger partial charge on any atom is -0.397 e. The number of benzene rings is 2. The lowest BCUT2D eigenvalue weighted by Crippen LogP contribution is -2.00.